The first kappa shape index (κ1) is 9.41. The maximum absolute atomic E-state index is 3.84. The molecule has 0 amide bonds. The van der Waals surface area contributed by atoms with Crippen LogP contribution in [0, 0.1) is 0 Å². The highest BCUT2D eigenvalue weighted by molar-refractivity contribution is 5.35. The smallest absolute Gasteiger partial charge is 0.0236 e. The Kier molecular flexibility index (Phi) is 2.10. The molecule has 0 atom stereocenters. The van der Waals surface area contributed by atoms with Gasteiger partial charge in [-0.15, -0.1) is 0 Å². The molecule has 0 heterocycles. The summed E-state index contributed by atoms with van der Waals surface area (Å²) in [6.07, 6.45) is 6.60. The average molecular weight is 201 g/mol. The molecule has 1 fully saturated rings. The molecule has 0 aliphatic heterocycles. The summed E-state index contributed by atoms with van der Waals surface area (Å²) in [4.78, 5) is 0. The summed E-state index contributed by atoms with van der Waals surface area (Å²) in [6, 6.07) is 9.68. The molecule has 1 aromatic carbocycles. The Morgan fingerprint density at radius 3 is 2.20 bits per heavy atom. The molecule has 3 rings (SSSR count). The van der Waals surface area contributed by atoms with E-state index >= 15 is 0 Å². The van der Waals surface area contributed by atoms with Gasteiger partial charge in [0.15, 0.2) is 0 Å². The summed E-state index contributed by atoms with van der Waals surface area (Å²) < 4.78 is 0. The van der Waals surface area contributed by atoms with Gasteiger partial charge in [0.2, 0.25) is 0 Å². The third kappa shape index (κ3) is 1.69. The average Bonchev–Trinajstić information content (AvgIpc) is 2.48. The molecule has 0 unspecified atom stereocenters. The Morgan fingerprint density at radius 1 is 1.13 bits per heavy atom. The van der Waals surface area contributed by atoms with Gasteiger partial charge in [-0.3, -0.25) is 0 Å². The van der Waals surface area contributed by atoms with E-state index in [1.165, 1.54) is 32.1 Å². The van der Waals surface area contributed by atoms with Gasteiger partial charge < -0.3 is 5.32 Å². The molecule has 0 bridgehead atoms. The van der Waals surface area contributed by atoms with Gasteiger partial charge in [0.05, 0.1) is 0 Å². The first-order chi connectivity index (χ1) is 7.25. The standard InChI is InChI=1S/C14H19N/c1-14(15-13-7-4-8-13)9-11-5-2-3-6-12(11)10-14/h2-3,5-6,13,15H,4,7-10H2,1H3. The van der Waals surface area contributed by atoms with E-state index in [9.17, 15) is 0 Å². The van der Waals surface area contributed by atoms with E-state index in [0.29, 0.717) is 5.54 Å². The van der Waals surface area contributed by atoms with Gasteiger partial charge in [0.1, 0.15) is 0 Å². The number of hydrogen-bond donors (Lipinski definition) is 1. The van der Waals surface area contributed by atoms with Crippen molar-refractivity contribution >= 4 is 0 Å². The summed E-state index contributed by atoms with van der Waals surface area (Å²) >= 11 is 0. The monoisotopic (exact) mass is 201 g/mol. The van der Waals surface area contributed by atoms with Crippen LogP contribution in [0.2, 0.25) is 0 Å². The molecule has 2 aliphatic rings. The number of benzene rings is 1. The van der Waals surface area contributed by atoms with Crippen LogP contribution in [0.3, 0.4) is 0 Å². The molecule has 1 N–H and O–H groups in total. The summed E-state index contributed by atoms with van der Waals surface area (Å²) in [5, 5.41) is 3.84. The van der Waals surface area contributed by atoms with Gasteiger partial charge in [-0.25, -0.2) is 0 Å². The third-order valence-corrected chi connectivity index (χ3v) is 3.94. The van der Waals surface area contributed by atoms with E-state index in [1.54, 1.807) is 11.1 Å². The van der Waals surface area contributed by atoms with Crippen molar-refractivity contribution in [2.24, 2.45) is 0 Å². The predicted molar refractivity (Wildman–Crippen MR) is 63.0 cm³/mol. The van der Waals surface area contributed by atoms with Crippen molar-refractivity contribution in [2.45, 2.75) is 50.6 Å². The largest absolute Gasteiger partial charge is 0.308 e. The third-order valence-electron chi connectivity index (χ3n) is 3.94. The summed E-state index contributed by atoms with van der Waals surface area (Å²) in [7, 11) is 0. The fourth-order valence-corrected chi connectivity index (χ4v) is 2.95. The second-order valence-electron chi connectivity index (χ2n) is 5.46. The molecule has 1 nitrogen and oxygen atoms in total. The molecular formula is C14H19N. The van der Waals surface area contributed by atoms with Gasteiger partial charge in [-0.05, 0) is 43.7 Å². The van der Waals surface area contributed by atoms with Crippen LogP contribution in [-0.2, 0) is 12.8 Å². The molecular weight excluding hydrogens is 182 g/mol. The highest BCUT2D eigenvalue weighted by Crippen LogP contribution is 2.32. The van der Waals surface area contributed by atoms with Crippen molar-refractivity contribution in [3.63, 3.8) is 0 Å². The fraction of sp³-hybridized carbons (Fsp3) is 0.571. The molecule has 2 aliphatic carbocycles. The maximum atomic E-state index is 3.84. The van der Waals surface area contributed by atoms with E-state index in [4.69, 9.17) is 0 Å². The Bertz CT molecular complexity index is 340. The minimum absolute atomic E-state index is 0.328. The van der Waals surface area contributed by atoms with Gasteiger partial charge in [0, 0.05) is 11.6 Å². The normalized spacial score (nSPS) is 23.5. The van der Waals surface area contributed by atoms with Crippen molar-refractivity contribution in [2.75, 3.05) is 0 Å². The van der Waals surface area contributed by atoms with Crippen LogP contribution in [0.15, 0.2) is 24.3 Å². The van der Waals surface area contributed by atoms with Crippen LogP contribution in [0.4, 0.5) is 0 Å². The van der Waals surface area contributed by atoms with E-state index < -0.39 is 0 Å². The molecule has 0 aromatic heterocycles. The van der Waals surface area contributed by atoms with E-state index in [0.717, 1.165) is 6.04 Å². The molecule has 0 saturated heterocycles. The fourth-order valence-electron chi connectivity index (χ4n) is 2.95. The van der Waals surface area contributed by atoms with Gasteiger partial charge in [0.25, 0.3) is 0 Å². The molecule has 0 radical (unpaired) electrons. The van der Waals surface area contributed by atoms with E-state index in [2.05, 4.69) is 36.5 Å². The van der Waals surface area contributed by atoms with Crippen molar-refractivity contribution < 1.29 is 0 Å². The van der Waals surface area contributed by atoms with Crippen LogP contribution < -0.4 is 5.32 Å². The lowest BCUT2D eigenvalue weighted by Gasteiger charge is -2.36. The zero-order chi connectivity index (χ0) is 10.3. The number of rotatable bonds is 2. The van der Waals surface area contributed by atoms with Crippen molar-refractivity contribution in [1.82, 2.24) is 5.32 Å². The van der Waals surface area contributed by atoms with Crippen LogP contribution in [0.25, 0.3) is 0 Å². The Hall–Kier alpha value is -0.820. The zero-order valence-electron chi connectivity index (χ0n) is 9.42. The zero-order valence-corrected chi connectivity index (χ0v) is 9.42. The highest BCUT2D eigenvalue weighted by Gasteiger charge is 2.35. The first-order valence-corrected chi connectivity index (χ1v) is 6.10. The lowest BCUT2D eigenvalue weighted by atomic mass is 9.88. The van der Waals surface area contributed by atoms with Gasteiger partial charge in [-0.1, -0.05) is 30.7 Å². The SMILES string of the molecule is CC1(NC2CCC2)Cc2ccccc2C1. The topological polar surface area (TPSA) is 12.0 Å². The Morgan fingerprint density at radius 2 is 1.73 bits per heavy atom. The highest BCUT2D eigenvalue weighted by atomic mass is 15.0. The van der Waals surface area contributed by atoms with Gasteiger partial charge in [-0.2, -0.15) is 0 Å². The lowest BCUT2D eigenvalue weighted by Crippen LogP contribution is -2.51. The summed E-state index contributed by atoms with van der Waals surface area (Å²) in [6.45, 7) is 2.38. The second kappa shape index (κ2) is 3.34. The van der Waals surface area contributed by atoms with Crippen LogP contribution in [0.5, 0.6) is 0 Å². The van der Waals surface area contributed by atoms with Crippen LogP contribution >= 0.6 is 0 Å². The number of nitrogens with one attached hydrogen (secondary N) is 1. The number of fused-ring (bicyclic) bond motifs is 1. The summed E-state index contributed by atoms with van der Waals surface area (Å²) in [5.41, 5.74) is 3.42. The van der Waals surface area contributed by atoms with Crippen LogP contribution in [-0.4, -0.2) is 11.6 Å². The summed E-state index contributed by atoms with van der Waals surface area (Å²) in [5.74, 6) is 0. The quantitative estimate of drug-likeness (QED) is 0.775. The first-order valence-electron chi connectivity index (χ1n) is 6.10. The van der Waals surface area contributed by atoms with Gasteiger partial charge >= 0.3 is 0 Å². The Labute approximate surface area is 91.9 Å². The van der Waals surface area contributed by atoms with E-state index in [-0.39, 0.29) is 0 Å². The second-order valence-corrected chi connectivity index (χ2v) is 5.46. The molecule has 1 aromatic rings. The molecule has 15 heavy (non-hydrogen) atoms. The van der Waals surface area contributed by atoms with Crippen molar-refractivity contribution in [1.29, 1.82) is 0 Å². The Balaban J connectivity index is 1.75. The van der Waals surface area contributed by atoms with E-state index in [1.807, 2.05) is 0 Å². The number of hydrogen-bond acceptors (Lipinski definition) is 1. The minimum atomic E-state index is 0.328. The molecule has 0 spiro atoms. The minimum Gasteiger partial charge on any atom is -0.308 e. The maximum Gasteiger partial charge on any atom is 0.0236 e. The van der Waals surface area contributed by atoms with Crippen molar-refractivity contribution in [3.05, 3.63) is 35.4 Å². The predicted octanol–water partition coefficient (Wildman–Crippen LogP) is 2.69. The molecule has 80 valence electrons. The lowest BCUT2D eigenvalue weighted by molar-refractivity contribution is 0.244. The molecule has 1 saturated carbocycles. The molecule has 1 heteroatoms. The van der Waals surface area contributed by atoms with Crippen molar-refractivity contribution in [3.8, 4) is 0 Å². The van der Waals surface area contributed by atoms with Crippen LogP contribution in [0.1, 0.15) is 37.3 Å².